The van der Waals surface area contributed by atoms with Crippen LogP contribution >= 0.6 is 0 Å². The lowest BCUT2D eigenvalue weighted by Gasteiger charge is -2.28. The van der Waals surface area contributed by atoms with Crippen molar-refractivity contribution in [2.75, 3.05) is 13.2 Å². The quantitative estimate of drug-likeness (QED) is 0.607. The molecule has 0 aromatic carbocycles. The predicted molar refractivity (Wildman–Crippen MR) is 66.4 cm³/mol. The van der Waals surface area contributed by atoms with E-state index < -0.39 is 0 Å². The molecule has 0 spiro atoms. The van der Waals surface area contributed by atoms with Crippen molar-refractivity contribution in [3.05, 3.63) is 0 Å². The highest BCUT2D eigenvalue weighted by Gasteiger charge is 2.23. The average molecular weight is 229 g/mol. The highest BCUT2D eigenvalue weighted by Crippen LogP contribution is 2.23. The van der Waals surface area contributed by atoms with Gasteiger partial charge in [-0.25, -0.2) is 0 Å². The van der Waals surface area contributed by atoms with Crippen LogP contribution in [0.2, 0.25) is 0 Å². The monoisotopic (exact) mass is 229 g/mol. The Morgan fingerprint density at radius 3 is 2.62 bits per heavy atom. The van der Waals surface area contributed by atoms with Gasteiger partial charge in [-0.3, -0.25) is 0 Å². The standard InChI is InChI=1S/C13H27NO2/c1-11(6-5-9-15)14-13-8-4-2-3-7-12(13)10-16/h11-16H,2-10H2,1H3. The number of hydrogen-bond acceptors (Lipinski definition) is 3. The summed E-state index contributed by atoms with van der Waals surface area (Å²) in [6.45, 7) is 2.76. The van der Waals surface area contributed by atoms with Crippen LogP contribution in [0.1, 0.15) is 51.9 Å². The van der Waals surface area contributed by atoms with Crippen LogP contribution in [0.25, 0.3) is 0 Å². The van der Waals surface area contributed by atoms with Crippen molar-refractivity contribution < 1.29 is 10.2 Å². The van der Waals surface area contributed by atoms with Crippen LogP contribution in [0.15, 0.2) is 0 Å². The molecule has 1 rings (SSSR count). The first-order valence-electron chi connectivity index (χ1n) is 6.75. The average Bonchev–Trinajstić information content (AvgIpc) is 2.51. The van der Waals surface area contributed by atoms with Gasteiger partial charge < -0.3 is 15.5 Å². The van der Waals surface area contributed by atoms with Crippen LogP contribution in [0.5, 0.6) is 0 Å². The number of rotatable bonds is 6. The maximum Gasteiger partial charge on any atom is 0.0474 e. The number of aliphatic hydroxyl groups excluding tert-OH is 2. The van der Waals surface area contributed by atoms with Gasteiger partial charge in [0.05, 0.1) is 0 Å². The fourth-order valence-corrected chi connectivity index (χ4v) is 2.67. The third-order valence-corrected chi connectivity index (χ3v) is 3.69. The molecule has 0 aromatic rings. The van der Waals surface area contributed by atoms with Gasteiger partial charge in [0.25, 0.3) is 0 Å². The van der Waals surface area contributed by atoms with Gasteiger partial charge in [-0.2, -0.15) is 0 Å². The fourth-order valence-electron chi connectivity index (χ4n) is 2.67. The van der Waals surface area contributed by atoms with Crippen LogP contribution < -0.4 is 5.32 Å². The molecule has 0 radical (unpaired) electrons. The summed E-state index contributed by atoms with van der Waals surface area (Å²) in [5.41, 5.74) is 0. The number of nitrogens with one attached hydrogen (secondary N) is 1. The summed E-state index contributed by atoms with van der Waals surface area (Å²) in [5, 5.41) is 21.8. The summed E-state index contributed by atoms with van der Waals surface area (Å²) in [6.07, 6.45) is 8.07. The highest BCUT2D eigenvalue weighted by atomic mass is 16.3. The topological polar surface area (TPSA) is 52.5 Å². The smallest absolute Gasteiger partial charge is 0.0474 e. The Morgan fingerprint density at radius 2 is 1.94 bits per heavy atom. The minimum Gasteiger partial charge on any atom is -0.396 e. The molecule has 1 aliphatic rings. The van der Waals surface area contributed by atoms with E-state index in [1.165, 1.54) is 25.7 Å². The predicted octanol–water partition coefficient (Wildman–Crippen LogP) is 1.68. The maximum atomic E-state index is 9.40. The molecule has 0 saturated heterocycles. The summed E-state index contributed by atoms with van der Waals surface area (Å²) < 4.78 is 0. The molecule has 3 nitrogen and oxygen atoms in total. The molecule has 1 aliphatic carbocycles. The van der Waals surface area contributed by atoms with E-state index in [-0.39, 0.29) is 6.61 Å². The van der Waals surface area contributed by atoms with Crippen LogP contribution in [-0.4, -0.2) is 35.5 Å². The van der Waals surface area contributed by atoms with Crippen molar-refractivity contribution in [2.24, 2.45) is 5.92 Å². The Bertz CT molecular complexity index is 175. The fraction of sp³-hybridized carbons (Fsp3) is 1.00. The number of aliphatic hydroxyl groups is 2. The van der Waals surface area contributed by atoms with Crippen molar-refractivity contribution in [3.63, 3.8) is 0 Å². The summed E-state index contributed by atoms with van der Waals surface area (Å²) in [5.74, 6) is 0.430. The zero-order chi connectivity index (χ0) is 11.8. The van der Waals surface area contributed by atoms with Gasteiger partial charge in [0, 0.05) is 25.3 Å². The molecule has 0 amide bonds. The van der Waals surface area contributed by atoms with Gasteiger partial charge in [0.15, 0.2) is 0 Å². The van der Waals surface area contributed by atoms with E-state index in [2.05, 4.69) is 12.2 Å². The Morgan fingerprint density at radius 1 is 1.19 bits per heavy atom. The molecular formula is C13H27NO2. The molecule has 3 unspecified atom stereocenters. The zero-order valence-corrected chi connectivity index (χ0v) is 10.5. The molecule has 1 saturated carbocycles. The molecule has 0 heterocycles. The molecule has 0 aromatic heterocycles. The van der Waals surface area contributed by atoms with E-state index >= 15 is 0 Å². The lowest BCUT2D eigenvalue weighted by Crippen LogP contribution is -2.42. The van der Waals surface area contributed by atoms with Crippen molar-refractivity contribution in [1.29, 1.82) is 0 Å². The SMILES string of the molecule is CC(CCCO)NC1CCCCCC1CO. The van der Waals surface area contributed by atoms with E-state index in [9.17, 15) is 5.11 Å². The zero-order valence-electron chi connectivity index (χ0n) is 10.5. The third kappa shape index (κ3) is 4.81. The first-order chi connectivity index (χ1) is 7.77. The summed E-state index contributed by atoms with van der Waals surface area (Å²) in [6, 6.07) is 0.922. The first-order valence-corrected chi connectivity index (χ1v) is 6.75. The van der Waals surface area contributed by atoms with E-state index in [0.29, 0.717) is 24.6 Å². The molecule has 0 bridgehead atoms. The molecule has 0 aliphatic heterocycles. The van der Waals surface area contributed by atoms with Crippen molar-refractivity contribution >= 4 is 0 Å². The van der Waals surface area contributed by atoms with Gasteiger partial charge in [-0.15, -0.1) is 0 Å². The van der Waals surface area contributed by atoms with Crippen LogP contribution in [0.3, 0.4) is 0 Å². The van der Waals surface area contributed by atoms with Crippen molar-refractivity contribution in [2.45, 2.75) is 64.0 Å². The van der Waals surface area contributed by atoms with Crippen LogP contribution in [0, 0.1) is 5.92 Å². The molecule has 96 valence electrons. The second-order valence-corrected chi connectivity index (χ2v) is 5.12. The highest BCUT2D eigenvalue weighted by molar-refractivity contribution is 4.81. The largest absolute Gasteiger partial charge is 0.396 e. The molecule has 3 N–H and O–H groups in total. The second-order valence-electron chi connectivity index (χ2n) is 5.12. The summed E-state index contributed by atoms with van der Waals surface area (Å²) in [4.78, 5) is 0. The van der Waals surface area contributed by atoms with E-state index in [1.54, 1.807) is 0 Å². The Balaban J connectivity index is 2.35. The maximum absolute atomic E-state index is 9.40. The Kier molecular flexibility index (Phi) is 7.01. The second kappa shape index (κ2) is 8.04. The lowest BCUT2D eigenvalue weighted by atomic mass is 9.94. The summed E-state index contributed by atoms with van der Waals surface area (Å²) in [7, 11) is 0. The minimum absolute atomic E-state index is 0.278. The van der Waals surface area contributed by atoms with Gasteiger partial charge in [-0.05, 0) is 38.5 Å². The van der Waals surface area contributed by atoms with Crippen LogP contribution in [0.4, 0.5) is 0 Å². The minimum atomic E-state index is 0.278. The summed E-state index contributed by atoms with van der Waals surface area (Å²) >= 11 is 0. The van der Waals surface area contributed by atoms with E-state index in [0.717, 1.165) is 19.3 Å². The first kappa shape index (κ1) is 13.9. The molecule has 16 heavy (non-hydrogen) atoms. The van der Waals surface area contributed by atoms with Crippen molar-refractivity contribution in [3.8, 4) is 0 Å². The van der Waals surface area contributed by atoms with Gasteiger partial charge >= 0.3 is 0 Å². The van der Waals surface area contributed by atoms with Gasteiger partial charge in [0.2, 0.25) is 0 Å². The molecular weight excluding hydrogens is 202 g/mol. The Labute approximate surface area is 99.3 Å². The van der Waals surface area contributed by atoms with E-state index in [1.807, 2.05) is 0 Å². The number of hydrogen-bond donors (Lipinski definition) is 3. The van der Waals surface area contributed by atoms with Crippen molar-refractivity contribution in [1.82, 2.24) is 5.32 Å². The molecule has 3 heteroatoms. The lowest BCUT2D eigenvalue weighted by molar-refractivity contribution is 0.173. The Hall–Kier alpha value is -0.120. The van der Waals surface area contributed by atoms with E-state index in [4.69, 9.17) is 5.11 Å². The molecule has 1 fully saturated rings. The molecule has 3 atom stereocenters. The van der Waals surface area contributed by atoms with Gasteiger partial charge in [-0.1, -0.05) is 19.3 Å². The van der Waals surface area contributed by atoms with Gasteiger partial charge in [0.1, 0.15) is 0 Å². The normalized spacial score (nSPS) is 28.7. The van der Waals surface area contributed by atoms with Crippen LogP contribution in [-0.2, 0) is 0 Å². The third-order valence-electron chi connectivity index (χ3n) is 3.69.